The summed E-state index contributed by atoms with van der Waals surface area (Å²) in [6.45, 7) is 8.22. The minimum Gasteiger partial charge on any atom is -0.480 e. The van der Waals surface area contributed by atoms with Gasteiger partial charge in [0, 0.05) is 12.0 Å². The highest BCUT2D eigenvalue weighted by Crippen LogP contribution is 2.33. The Morgan fingerprint density at radius 1 is 1.82 bits per heavy atom. The summed E-state index contributed by atoms with van der Waals surface area (Å²) in [6.07, 6.45) is 0. The molecular formula is C8H13NO2. The molecule has 1 aliphatic heterocycles. The molecule has 1 unspecified atom stereocenters. The van der Waals surface area contributed by atoms with Crippen molar-refractivity contribution in [3.05, 3.63) is 12.2 Å². The lowest BCUT2D eigenvalue weighted by atomic mass is 9.82. The van der Waals surface area contributed by atoms with Gasteiger partial charge < -0.3 is 5.11 Å². The molecule has 3 heteroatoms. The predicted molar refractivity (Wildman–Crippen MR) is 42.3 cm³/mol. The van der Waals surface area contributed by atoms with Crippen LogP contribution in [0.25, 0.3) is 0 Å². The van der Waals surface area contributed by atoms with Gasteiger partial charge in [0.25, 0.3) is 0 Å². The van der Waals surface area contributed by atoms with Gasteiger partial charge in [-0.15, -0.1) is 0 Å². The van der Waals surface area contributed by atoms with Crippen molar-refractivity contribution in [2.75, 3.05) is 6.54 Å². The van der Waals surface area contributed by atoms with Crippen LogP contribution in [-0.4, -0.2) is 23.7 Å². The zero-order valence-corrected chi connectivity index (χ0v) is 6.85. The fourth-order valence-corrected chi connectivity index (χ4v) is 1.31. The number of carbonyl (C=O) groups is 1. The Kier molecular flexibility index (Phi) is 1.76. The van der Waals surface area contributed by atoms with Gasteiger partial charge in [0.2, 0.25) is 0 Å². The second-order valence-electron chi connectivity index (χ2n) is 3.48. The standard InChI is InChI=1S/C8H13NO2/c1-5-4-9-6(7(10)11)8(5,2)3/h6,9H,1,4H2,2-3H3,(H,10,11). The van der Waals surface area contributed by atoms with Crippen molar-refractivity contribution >= 4 is 5.97 Å². The van der Waals surface area contributed by atoms with Gasteiger partial charge in [-0.1, -0.05) is 26.0 Å². The highest BCUT2D eigenvalue weighted by Gasteiger charge is 2.41. The Morgan fingerprint density at radius 2 is 2.36 bits per heavy atom. The average molecular weight is 155 g/mol. The lowest BCUT2D eigenvalue weighted by molar-refractivity contribution is -0.141. The average Bonchev–Trinajstić information content (AvgIpc) is 2.08. The van der Waals surface area contributed by atoms with E-state index in [1.54, 1.807) is 0 Å². The first-order chi connectivity index (χ1) is 4.96. The molecule has 0 bridgehead atoms. The topological polar surface area (TPSA) is 49.3 Å². The van der Waals surface area contributed by atoms with Gasteiger partial charge in [-0.25, -0.2) is 0 Å². The number of hydrogen-bond acceptors (Lipinski definition) is 2. The third kappa shape index (κ3) is 1.16. The van der Waals surface area contributed by atoms with Gasteiger partial charge >= 0.3 is 5.97 Å². The molecule has 1 rings (SSSR count). The van der Waals surface area contributed by atoms with Crippen LogP contribution in [0.5, 0.6) is 0 Å². The highest BCUT2D eigenvalue weighted by molar-refractivity contribution is 5.76. The van der Waals surface area contributed by atoms with Crippen LogP contribution >= 0.6 is 0 Å². The third-order valence-electron chi connectivity index (χ3n) is 2.40. The van der Waals surface area contributed by atoms with E-state index in [1.807, 2.05) is 13.8 Å². The van der Waals surface area contributed by atoms with Gasteiger partial charge in [0.05, 0.1) is 0 Å². The van der Waals surface area contributed by atoms with Gasteiger partial charge in [-0.2, -0.15) is 0 Å². The number of rotatable bonds is 1. The van der Waals surface area contributed by atoms with Crippen LogP contribution in [0.3, 0.4) is 0 Å². The minimum atomic E-state index is -0.798. The van der Waals surface area contributed by atoms with Gasteiger partial charge in [0.15, 0.2) is 0 Å². The molecule has 0 radical (unpaired) electrons. The zero-order chi connectivity index (χ0) is 8.65. The monoisotopic (exact) mass is 155 g/mol. The molecule has 1 heterocycles. The second kappa shape index (κ2) is 2.34. The molecule has 0 aromatic carbocycles. The van der Waals surface area contributed by atoms with E-state index in [4.69, 9.17) is 5.11 Å². The first kappa shape index (κ1) is 8.27. The maximum Gasteiger partial charge on any atom is 0.321 e. The molecule has 1 fully saturated rings. The largest absolute Gasteiger partial charge is 0.480 e. The second-order valence-corrected chi connectivity index (χ2v) is 3.48. The lowest BCUT2D eigenvalue weighted by Crippen LogP contribution is -2.40. The van der Waals surface area contributed by atoms with Crippen molar-refractivity contribution < 1.29 is 9.90 Å². The number of carboxylic acid groups (broad SMARTS) is 1. The molecule has 0 aromatic heterocycles. The summed E-state index contributed by atoms with van der Waals surface area (Å²) in [6, 6.07) is -0.477. The van der Waals surface area contributed by atoms with E-state index in [9.17, 15) is 4.79 Å². The molecule has 0 amide bonds. The Labute approximate surface area is 66.1 Å². The smallest absolute Gasteiger partial charge is 0.321 e. The van der Waals surface area contributed by atoms with Crippen LogP contribution in [0.15, 0.2) is 12.2 Å². The van der Waals surface area contributed by atoms with E-state index in [1.165, 1.54) is 0 Å². The quantitative estimate of drug-likeness (QED) is 0.546. The molecular weight excluding hydrogens is 142 g/mol. The highest BCUT2D eigenvalue weighted by atomic mass is 16.4. The Morgan fingerprint density at radius 3 is 2.55 bits per heavy atom. The Hall–Kier alpha value is -0.830. The van der Waals surface area contributed by atoms with E-state index in [0.717, 1.165) is 5.57 Å². The molecule has 0 spiro atoms. The summed E-state index contributed by atoms with van der Waals surface area (Å²) in [4.78, 5) is 10.7. The van der Waals surface area contributed by atoms with Crippen LogP contribution in [-0.2, 0) is 4.79 Å². The molecule has 0 aromatic rings. The van der Waals surface area contributed by atoms with E-state index in [0.29, 0.717) is 6.54 Å². The summed E-state index contributed by atoms with van der Waals surface area (Å²) in [5.41, 5.74) is 0.649. The molecule has 0 aliphatic carbocycles. The summed E-state index contributed by atoms with van der Waals surface area (Å²) in [7, 11) is 0. The molecule has 3 nitrogen and oxygen atoms in total. The summed E-state index contributed by atoms with van der Waals surface area (Å²) >= 11 is 0. The fourth-order valence-electron chi connectivity index (χ4n) is 1.31. The van der Waals surface area contributed by atoms with Crippen molar-refractivity contribution in [3.8, 4) is 0 Å². The lowest BCUT2D eigenvalue weighted by Gasteiger charge is -2.23. The first-order valence-electron chi connectivity index (χ1n) is 3.60. The number of carboxylic acids is 1. The third-order valence-corrected chi connectivity index (χ3v) is 2.40. The fraction of sp³-hybridized carbons (Fsp3) is 0.625. The zero-order valence-electron chi connectivity index (χ0n) is 6.85. The molecule has 11 heavy (non-hydrogen) atoms. The van der Waals surface area contributed by atoms with E-state index in [2.05, 4.69) is 11.9 Å². The molecule has 1 saturated heterocycles. The SMILES string of the molecule is C=C1CNC(C(=O)O)C1(C)C. The molecule has 1 aliphatic rings. The molecule has 0 saturated carbocycles. The van der Waals surface area contributed by atoms with Gasteiger partial charge in [-0.3, -0.25) is 10.1 Å². The summed E-state index contributed by atoms with van der Waals surface area (Å²) in [5, 5.41) is 11.7. The van der Waals surface area contributed by atoms with Gasteiger partial charge in [0.1, 0.15) is 6.04 Å². The maximum absolute atomic E-state index is 10.7. The summed E-state index contributed by atoms with van der Waals surface area (Å²) in [5.74, 6) is -0.798. The number of nitrogens with one attached hydrogen (secondary N) is 1. The van der Waals surface area contributed by atoms with Crippen molar-refractivity contribution in [2.24, 2.45) is 5.41 Å². The normalized spacial score (nSPS) is 28.9. The number of hydrogen-bond donors (Lipinski definition) is 2. The van der Waals surface area contributed by atoms with Crippen molar-refractivity contribution in [1.29, 1.82) is 0 Å². The van der Waals surface area contributed by atoms with E-state index < -0.39 is 12.0 Å². The van der Waals surface area contributed by atoms with Crippen LogP contribution in [0.2, 0.25) is 0 Å². The Bertz CT molecular complexity index is 208. The van der Waals surface area contributed by atoms with Crippen molar-refractivity contribution in [2.45, 2.75) is 19.9 Å². The molecule has 62 valence electrons. The summed E-state index contributed by atoms with van der Waals surface area (Å²) < 4.78 is 0. The predicted octanol–water partition coefficient (Wildman–Crippen LogP) is 0.625. The van der Waals surface area contributed by atoms with Gasteiger partial charge in [-0.05, 0) is 0 Å². The maximum atomic E-state index is 10.7. The Balaban J connectivity index is 2.87. The molecule has 2 N–H and O–H groups in total. The first-order valence-corrected chi connectivity index (χ1v) is 3.60. The van der Waals surface area contributed by atoms with E-state index in [-0.39, 0.29) is 5.41 Å². The van der Waals surface area contributed by atoms with Crippen LogP contribution in [0, 0.1) is 5.41 Å². The van der Waals surface area contributed by atoms with Crippen molar-refractivity contribution in [1.82, 2.24) is 5.32 Å². The van der Waals surface area contributed by atoms with E-state index >= 15 is 0 Å². The van der Waals surface area contributed by atoms with Crippen LogP contribution in [0.4, 0.5) is 0 Å². The number of aliphatic carboxylic acids is 1. The van der Waals surface area contributed by atoms with Crippen LogP contribution in [0.1, 0.15) is 13.8 Å². The molecule has 1 atom stereocenters. The van der Waals surface area contributed by atoms with Crippen molar-refractivity contribution in [3.63, 3.8) is 0 Å². The minimum absolute atomic E-state index is 0.314. The van der Waals surface area contributed by atoms with Crippen LogP contribution < -0.4 is 5.32 Å².